The lowest BCUT2D eigenvalue weighted by atomic mass is 10.2. The first-order valence-electron chi connectivity index (χ1n) is 5.40. The van der Waals surface area contributed by atoms with Crippen LogP contribution in [0.5, 0.6) is 0 Å². The van der Waals surface area contributed by atoms with Crippen LogP contribution in [0.4, 0.5) is 5.69 Å². The van der Waals surface area contributed by atoms with Crippen molar-refractivity contribution in [1.82, 2.24) is 10.3 Å². The number of rotatable bonds is 4. The Kier molecular flexibility index (Phi) is 3.76. The smallest absolute Gasteiger partial charge is 0.251 e. The molecular weight excluding hydrogens is 230 g/mol. The fraction of sp³-hybridized carbons (Fsp3) is 0.0769. The van der Waals surface area contributed by atoms with Crippen LogP contribution in [0, 0.1) is 4.91 Å². The Balaban J connectivity index is 2.01. The Labute approximate surface area is 104 Å². The molecule has 18 heavy (non-hydrogen) atoms. The summed E-state index contributed by atoms with van der Waals surface area (Å²) in [6.45, 7) is 0.394. The maximum atomic E-state index is 11.8. The van der Waals surface area contributed by atoms with E-state index in [1.807, 2.05) is 6.07 Å². The molecule has 1 aromatic heterocycles. The van der Waals surface area contributed by atoms with Crippen molar-refractivity contribution in [2.45, 2.75) is 6.54 Å². The van der Waals surface area contributed by atoms with Gasteiger partial charge in [-0.25, -0.2) is 0 Å². The molecule has 0 aliphatic heterocycles. The molecule has 1 aromatic carbocycles. The van der Waals surface area contributed by atoms with Crippen LogP contribution < -0.4 is 5.32 Å². The number of benzene rings is 1. The summed E-state index contributed by atoms with van der Waals surface area (Å²) in [5, 5.41) is 5.54. The molecule has 1 amide bonds. The number of nitroso groups, excluding NO2 is 1. The fourth-order valence-electron chi connectivity index (χ4n) is 1.49. The summed E-state index contributed by atoms with van der Waals surface area (Å²) in [5.41, 5.74) is 1.57. The quantitative estimate of drug-likeness (QED) is 0.835. The van der Waals surface area contributed by atoms with Crippen LogP contribution in [0.1, 0.15) is 15.9 Å². The summed E-state index contributed by atoms with van der Waals surface area (Å²) in [6, 6.07) is 9.93. The van der Waals surface area contributed by atoms with Crippen LogP contribution in [0.25, 0.3) is 0 Å². The van der Waals surface area contributed by atoms with Crippen LogP contribution >= 0.6 is 0 Å². The van der Waals surface area contributed by atoms with E-state index in [9.17, 15) is 9.70 Å². The summed E-state index contributed by atoms with van der Waals surface area (Å²) in [5.74, 6) is -0.246. The minimum Gasteiger partial charge on any atom is -0.348 e. The second-order valence-corrected chi connectivity index (χ2v) is 3.69. The average Bonchev–Trinajstić information content (AvgIpc) is 2.46. The highest BCUT2D eigenvalue weighted by molar-refractivity contribution is 5.94. The van der Waals surface area contributed by atoms with E-state index in [0.717, 1.165) is 5.56 Å². The highest BCUT2D eigenvalue weighted by atomic mass is 16.3. The molecule has 0 saturated heterocycles. The van der Waals surface area contributed by atoms with E-state index in [4.69, 9.17) is 0 Å². The van der Waals surface area contributed by atoms with Crippen LogP contribution in [-0.4, -0.2) is 10.9 Å². The van der Waals surface area contributed by atoms with Gasteiger partial charge >= 0.3 is 0 Å². The van der Waals surface area contributed by atoms with Crippen LogP contribution in [-0.2, 0) is 6.54 Å². The lowest BCUT2D eigenvalue weighted by molar-refractivity contribution is 0.0951. The minimum absolute atomic E-state index is 0.240. The SMILES string of the molecule is O=Nc1cccc(C(=O)NCc2cccnc2)c1. The number of hydrogen-bond acceptors (Lipinski definition) is 4. The van der Waals surface area contributed by atoms with Crippen molar-refractivity contribution in [2.75, 3.05) is 0 Å². The van der Waals surface area contributed by atoms with E-state index >= 15 is 0 Å². The predicted octanol–water partition coefficient (Wildman–Crippen LogP) is 2.41. The molecule has 0 saturated carbocycles. The summed E-state index contributed by atoms with van der Waals surface area (Å²) < 4.78 is 0. The van der Waals surface area contributed by atoms with Gasteiger partial charge in [-0.05, 0) is 35.0 Å². The zero-order valence-corrected chi connectivity index (χ0v) is 9.54. The van der Waals surface area contributed by atoms with Crippen molar-refractivity contribution in [1.29, 1.82) is 0 Å². The molecule has 0 fully saturated rings. The van der Waals surface area contributed by atoms with Crippen molar-refractivity contribution >= 4 is 11.6 Å². The third kappa shape index (κ3) is 2.98. The molecule has 90 valence electrons. The van der Waals surface area contributed by atoms with Gasteiger partial charge < -0.3 is 5.32 Å². The van der Waals surface area contributed by atoms with Gasteiger partial charge in [0.25, 0.3) is 5.91 Å². The zero-order valence-electron chi connectivity index (χ0n) is 9.54. The summed E-state index contributed by atoms with van der Waals surface area (Å²) in [4.78, 5) is 26.1. The predicted molar refractivity (Wildman–Crippen MR) is 67.3 cm³/mol. The van der Waals surface area contributed by atoms with Crippen molar-refractivity contribution < 1.29 is 4.79 Å². The molecule has 2 rings (SSSR count). The Bertz CT molecular complexity index is 555. The third-order valence-corrected chi connectivity index (χ3v) is 2.39. The molecule has 1 N–H and O–H groups in total. The third-order valence-electron chi connectivity index (χ3n) is 2.39. The van der Waals surface area contributed by atoms with Gasteiger partial charge in [0.1, 0.15) is 5.69 Å². The number of amides is 1. The molecular formula is C13H11N3O2. The highest BCUT2D eigenvalue weighted by Gasteiger charge is 2.06. The monoisotopic (exact) mass is 241 g/mol. The Morgan fingerprint density at radius 1 is 1.28 bits per heavy atom. The number of nitrogens with one attached hydrogen (secondary N) is 1. The van der Waals surface area contributed by atoms with E-state index in [2.05, 4.69) is 15.5 Å². The first-order chi connectivity index (χ1) is 8.79. The van der Waals surface area contributed by atoms with Crippen molar-refractivity contribution in [3.05, 3.63) is 64.8 Å². The number of aromatic nitrogens is 1. The molecule has 2 aromatic rings. The van der Waals surface area contributed by atoms with E-state index in [0.29, 0.717) is 12.1 Å². The molecule has 0 unspecified atom stereocenters. The van der Waals surface area contributed by atoms with Gasteiger partial charge in [0.2, 0.25) is 0 Å². The molecule has 0 atom stereocenters. The number of hydrogen-bond donors (Lipinski definition) is 1. The highest BCUT2D eigenvalue weighted by Crippen LogP contribution is 2.13. The topological polar surface area (TPSA) is 71.4 Å². The molecule has 5 heteroatoms. The number of carbonyl (C=O) groups is 1. The Morgan fingerprint density at radius 3 is 2.89 bits per heavy atom. The van der Waals surface area contributed by atoms with E-state index in [1.165, 1.54) is 6.07 Å². The maximum Gasteiger partial charge on any atom is 0.251 e. The first kappa shape index (κ1) is 11.9. The van der Waals surface area contributed by atoms with Gasteiger partial charge in [-0.2, -0.15) is 0 Å². The second-order valence-electron chi connectivity index (χ2n) is 3.69. The van der Waals surface area contributed by atoms with Crippen molar-refractivity contribution in [3.8, 4) is 0 Å². The van der Waals surface area contributed by atoms with Crippen molar-refractivity contribution in [2.24, 2.45) is 5.18 Å². The summed E-state index contributed by atoms with van der Waals surface area (Å²) in [7, 11) is 0. The van der Waals surface area contributed by atoms with Gasteiger partial charge in [-0.3, -0.25) is 9.78 Å². The number of pyridine rings is 1. The van der Waals surface area contributed by atoms with Crippen LogP contribution in [0.3, 0.4) is 0 Å². The standard InChI is InChI=1S/C13H11N3O2/c17-13(11-4-1-5-12(7-11)16-18)15-9-10-3-2-6-14-8-10/h1-8H,9H2,(H,15,17). The number of nitrogens with zero attached hydrogens (tertiary/aromatic N) is 2. The van der Waals surface area contributed by atoms with Gasteiger partial charge in [0.05, 0.1) is 0 Å². The average molecular weight is 241 g/mol. The Hall–Kier alpha value is -2.56. The molecule has 0 bridgehead atoms. The van der Waals surface area contributed by atoms with E-state index in [1.54, 1.807) is 36.7 Å². The normalized spacial score (nSPS) is 9.78. The molecule has 0 aliphatic carbocycles. The number of carbonyl (C=O) groups excluding carboxylic acids is 1. The molecule has 5 nitrogen and oxygen atoms in total. The zero-order chi connectivity index (χ0) is 12.8. The van der Waals surface area contributed by atoms with Crippen LogP contribution in [0.15, 0.2) is 54.0 Å². The lowest BCUT2D eigenvalue weighted by Gasteiger charge is -2.05. The Morgan fingerprint density at radius 2 is 2.17 bits per heavy atom. The van der Waals surface area contributed by atoms with Gasteiger partial charge in [-0.1, -0.05) is 12.1 Å². The molecule has 0 spiro atoms. The summed E-state index contributed by atoms with van der Waals surface area (Å²) >= 11 is 0. The van der Waals surface area contributed by atoms with Gasteiger partial charge in [0, 0.05) is 24.5 Å². The largest absolute Gasteiger partial charge is 0.348 e. The first-order valence-corrected chi connectivity index (χ1v) is 5.40. The fourth-order valence-corrected chi connectivity index (χ4v) is 1.49. The molecule has 0 radical (unpaired) electrons. The minimum atomic E-state index is -0.246. The van der Waals surface area contributed by atoms with Crippen LogP contribution in [0.2, 0.25) is 0 Å². The maximum absolute atomic E-state index is 11.8. The molecule has 0 aliphatic rings. The summed E-state index contributed by atoms with van der Waals surface area (Å²) in [6.07, 6.45) is 3.36. The van der Waals surface area contributed by atoms with E-state index < -0.39 is 0 Å². The molecule has 1 heterocycles. The van der Waals surface area contributed by atoms with Gasteiger partial charge in [-0.15, -0.1) is 4.91 Å². The second kappa shape index (κ2) is 5.67. The van der Waals surface area contributed by atoms with Crippen molar-refractivity contribution in [3.63, 3.8) is 0 Å². The lowest BCUT2D eigenvalue weighted by Crippen LogP contribution is -2.22. The van der Waals surface area contributed by atoms with E-state index in [-0.39, 0.29) is 11.6 Å². The van der Waals surface area contributed by atoms with Gasteiger partial charge in [0.15, 0.2) is 0 Å².